The highest BCUT2D eigenvalue weighted by molar-refractivity contribution is 6.02. The van der Waals surface area contributed by atoms with Crippen LogP contribution in [-0.2, 0) is 0 Å². The number of ketones is 1. The van der Waals surface area contributed by atoms with Crippen LogP contribution in [0.4, 0.5) is 0 Å². The van der Waals surface area contributed by atoms with Crippen LogP contribution in [0.1, 0.15) is 42.7 Å². The Morgan fingerprint density at radius 1 is 0.905 bits per heavy atom. The van der Waals surface area contributed by atoms with Gasteiger partial charge in [0.15, 0.2) is 5.78 Å². The molecule has 0 amide bonds. The zero-order valence-electron chi connectivity index (χ0n) is 12.8. The van der Waals surface area contributed by atoms with Gasteiger partial charge in [0.05, 0.1) is 12.1 Å². The van der Waals surface area contributed by atoms with Gasteiger partial charge < -0.3 is 0 Å². The molecule has 2 nitrogen and oxygen atoms in total. The first-order valence-electron chi connectivity index (χ1n) is 7.43. The third kappa shape index (κ3) is 2.64. The molecule has 1 heterocycles. The lowest BCUT2D eigenvalue weighted by Crippen LogP contribution is -2.30. The van der Waals surface area contributed by atoms with Crippen LogP contribution in [0.25, 0.3) is 0 Å². The van der Waals surface area contributed by atoms with Gasteiger partial charge in [0.2, 0.25) is 0 Å². The van der Waals surface area contributed by atoms with Crippen LogP contribution in [0.2, 0.25) is 0 Å². The van der Waals surface area contributed by atoms with E-state index in [1.54, 1.807) is 0 Å². The summed E-state index contributed by atoms with van der Waals surface area (Å²) in [6, 6.07) is 20.1. The molecule has 3 atom stereocenters. The summed E-state index contributed by atoms with van der Waals surface area (Å²) in [5.74, 6) is 0.222. The van der Waals surface area contributed by atoms with E-state index in [1.807, 2.05) is 48.5 Å². The Kier molecular flexibility index (Phi) is 3.42. The van der Waals surface area contributed by atoms with Gasteiger partial charge in [-0.15, -0.1) is 0 Å². The fourth-order valence-electron chi connectivity index (χ4n) is 3.10. The first-order chi connectivity index (χ1) is 10.00. The third-order valence-corrected chi connectivity index (χ3v) is 4.05. The second kappa shape index (κ2) is 5.12. The molecule has 0 spiro atoms. The van der Waals surface area contributed by atoms with Gasteiger partial charge in [-0.05, 0) is 26.3 Å². The molecule has 2 aromatic rings. The second-order valence-corrected chi connectivity index (χ2v) is 6.61. The van der Waals surface area contributed by atoms with Crippen LogP contribution in [0.5, 0.6) is 0 Å². The molecule has 0 aromatic heterocycles. The standard InChI is InChI=1S/C19H21NO/c1-19(2,3)20-16(14-10-6-4-7-11-14)17(20)18(21)15-12-8-5-9-13-15/h4-13,16-17H,1-3H3/t16-,17+,20?/m1/s1. The molecule has 2 aromatic carbocycles. The van der Waals surface area contributed by atoms with E-state index in [9.17, 15) is 4.79 Å². The summed E-state index contributed by atoms with van der Waals surface area (Å²) >= 11 is 0. The highest BCUT2D eigenvalue weighted by atomic mass is 16.1. The largest absolute Gasteiger partial charge is 0.292 e. The summed E-state index contributed by atoms with van der Waals surface area (Å²) in [6.07, 6.45) is 0. The van der Waals surface area contributed by atoms with Crippen molar-refractivity contribution in [1.29, 1.82) is 0 Å². The van der Waals surface area contributed by atoms with Crippen LogP contribution in [0.15, 0.2) is 60.7 Å². The Morgan fingerprint density at radius 2 is 1.43 bits per heavy atom. The summed E-state index contributed by atoms with van der Waals surface area (Å²) in [4.78, 5) is 15.1. The predicted molar refractivity (Wildman–Crippen MR) is 85.3 cm³/mol. The van der Waals surface area contributed by atoms with Gasteiger partial charge in [0.1, 0.15) is 0 Å². The van der Waals surface area contributed by atoms with E-state index in [0.29, 0.717) is 0 Å². The number of nitrogens with zero attached hydrogens (tertiary/aromatic N) is 1. The number of carbonyl (C=O) groups excluding carboxylic acids is 1. The lowest BCUT2D eigenvalue weighted by molar-refractivity contribution is 0.0957. The zero-order valence-corrected chi connectivity index (χ0v) is 12.8. The molecule has 21 heavy (non-hydrogen) atoms. The molecule has 1 aliphatic heterocycles. The molecule has 0 aliphatic carbocycles. The number of hydrogen-bond donors (Lipinski definition) is 0. The first kappa shape index (κ1) is 14.0. The van der Waals surface area contributed by atoms with Crippen molar-refractivity contribution < 1.29 is 4.79 Å². The van der Waals surface area contributed by atoms with Crippen molar-refractivity contribution in [1.82, 2.24) is 4.90 Å². The lowest BCUT2D eigenvalue weighted by atomic mass is 10.0. The van der Waals surface area contributed by atoms with Crippen molar-refractivity contribution in [3.05, 3.63) is 71.8 Å². The van der Waals surface area contributed by atoms with E-state index >= 15 is 0 Å². The fourth-order valence-corrected chi connectivity index (χ4v) is 3.10. The molecule has 0 saturated carbocycles. The molecule has 1 aliphatic rings. The molecule has 1 saturated heterocycles. The van der Waals surface area contributed by atoms with Crippen LogP contribution < -0.4 is 0 Å². The number of benzene rings is 2. The van der Waals surface area contributed by atoms with Crippen LogP contribution in [0.3, 0.4) is 0 Å². The Labute approximate surface area is 126 Å². The predicted octanol–water partition coefficient (Wildman–Crippen LogP) is 4.09. The van der Waals surface area contributed by atoms with Gasteiger partial charge in [0, 0.05) is 11.1 Å². The van der Waals surface area contributed by atoms with Crippen molar-refractivity contribution in [2.75, 3.05) is 0 Å². The first-order valence-corrected chi connectivity index (χ1v) is 7.43. The number of rotatable bonds is 3. The molecule has 2 heteroatoms. The molecular formula is C19H21NO. The maximum Gasteiger partial charge on any atom is 0.181 e. The van der Waals surface area contributed by atoms with Crippen LogP contribution >= 0.6 is 0 Å². The smallest absolute Gasteiger partial charge is 0.181 e. The summed E-state index contributed by atoms with van der Waals surface area (Å²) < 4.78 is 0. The van der Waals surface area contributed by atoms with E-state index < -0.39 is 0 Å². The Hall–Kier alpha value is -1.93. The van der Waals surface area contributed by atoms with Gasteiger partial charge in [0.25, 0.3) is 0 Å². The minimum atomic E-state index is -0.0465. The topological polar surface area (TPSA) is 20.1 Å². The maximum atomic E-state index is 12.8. The summed E-state index contributed by atoms with van der Waals surface area (Å²) in [7, 11) is 0. The van der Waals surface area contributed by atoms with E-state index in [0.717, 1.165) is 5.56 Å². The van der Waals surface area contributed by atoms with Gasteiger partial charge in [-0.25, -0.2) is 0 Å². The molecule has 1 unspecified atom stereocenters. The normalized spacial score (nSPS) is 24.6. The quantitative estimate of drug-likeness (QED) is 0.623. The fraction of sp³-hybridized carbons (Fsp3) is 0.316. The second-order valence-electron chi connectivity index (χ2n) is 6.61. The highest BCUT2D eigenvalue weighted by Crippen LogP contribution is 2.49. The average molecular weight is 279 g/mol. The summed E-state index contributed by atoms with van der Waals surface area (Å²) in [6.45, 7) is 6.50. The van der Waals surface area contributed by atoms with E-state index in [1.165, 1.54) is 5.56 Å². The number of Topliss-reactive ketones (excluding diaryl/α,β-unsaturated/α-hetero) is 1. The van der Waals surface area contributed by atoms with Crippen molar-refractivity contribution in [3.8, 4) is 0 Å². The van der Waals surface area contributed by atoms with Gasteiger partial charge in [-0.3, -0.25) is 9.69 Å². The summed E-state index contributed by atoms with van der Waals surface area (Å²) in [5.41, 5.74) is 2.01. The summed E-state index contributed by atoms with van der Waals surface area (Å²) in [5, 5.41) is 0. The van der Waals surface area contributed by atoms with E-state index in [-0.39, 0.29) is 23.4 Å². The minimum Gasteiger partial charge on any atom is -0.292 e. The van der Waals surface area contributed by atoms with E-state index in [4.69, 9.17) is 0 Å². The molecule has 0 N–H and O–H groups in total. The third-order valence-electron chi connectivity index (χ3n) is 4.05. The zero-order chi connectivity index (χ0) is 15.0. The van der Waals surface area contributed by atoms with Crippen molar-refractivity contribution in [2.24, 2.45) is 0 Å². The monoisotopic (exact) mass is 279 g/mol. The highest BCUT2D eigenvalue weighted by Gasteiger charge is 2.57. The Morgan fingerprint density at radius 3 is 1.95 bits per heavy atom. The number of hydrogen-bond acceptors (Lipinski definition) is 2. The molecule has 1 fully saturated rings. The van der Waals surface area contributed by atoms with Crippen LogP contribution in [0, 0.1) is 0 Å². The van der Waals surface area contributed by atoms with Crippen molar-refractivity contribution >= 4 is 5.78 Å². The molecule has 108 valence electrons. The molecule has 0 bridgehead atoms. The average Bonchev–Trinajstić information content (AvgIpc) is 3.24. The van der Waals surface area contributed by atoms with Gasteiger partial charge in [-0.1, -0.05) is 60.7 Å². The Balaban J connectivity index is 1.92. The SMILES string of the molecule is CC(C)(C)N1[C@H](C(=O)c2ccccc2)[C@H]1c1ccccc1. The lowest BCUT2D eigenvalue weighted by Gasteiger charge is -2.22. The Bertz CT molecular complexity index is 628. The molecule has 0 radical (unpaired) electrons. The van der Waals surface area contributed by atoms with Gasteiger partial charge in [-0.2, -0.15) is 0 Å². The van der Waals surface area contributed by atoms with Gasteiger partial charge >= 0.3 is 0 Å². The van der Waals surface area contributed by atoms with E-state index in [2.05, 4.69) is 37.8 Å². The molecule has 3 rings (SSSR count). The number of carbonyl (C=O) groups is 1. The van der Waals surface area contributed by atoms with Crippen molar-refractivity contribution in [3.63, 3.8) is 0 Å². The maximum absolute atomic E-state index is 12.8. The minimum absolute atomic E-state index is 0.0182. The van der Waals surface area contributed by atoms with Crippen molar-refractivity contribution in [2.45, 2.75) is 38.4 Å². The molecular weight excluding hydrogens is 258 g/mol. The van der Waals surface area contributed by atoms with Crippen LogP contribution in [-0.4, -0.2) is 22.3 Å².